The first kappa shape index (κ1) is 12.2. The van der Waals surface area contributed by atoms with Crippen molar-refractivity contribution in [2.24, 2.45) is 0 Å². The van der Waals surface area contributed by atoms with E-state index in [0.29, 0.717) is 18.2 Å². The Morgan fingerprint density at radius 1 is 1.26 bits per heavy atom. The van der Waals surface area contributed by atoms with Crippen LogP contribution in [0.25, 0.3) is 0 Å². The van der Waals surface area contributed by atoms with E-state index in [-0.39, 0.29) is 6.04 Å². The molecule has 0 radical (unpaired) electrons. The third kappa shape index (κ3) is 2.21. The summed E-state index contributed by atoms with van der Waals surface area (Å²) < 4.78 is 0. The van der Waals surface area contributed by atoms with Crippen LogP contribution in [0.5, 0.6) is 0 Å². The van der Waals surface area contributed by atoms with Crippen LogP contribution in [0.4, 0.5) is 4.79 Å². The number of hydrogen-bond acceptors (Lipinski definition) is 3. The molecule has 0 spiro atoms. The van der Waals surface area contributed by atoms with Crippen molar-refractivity contribution in [2.45, 2.75) is 25.0 Å². The number of amides is 1. The predicted octanol–water partition coefficient (Wildman–Crippen LogP) is 1.44. The zero-order valence-corrected chi connectivity index (χ0v) is 10.5. The molecular weight excluding hydrogens is 244 g/mol. The number of hydrogen-bond donors (Lipinski definition) is 1. The molecule has 0 aromatic heterocycles. The van der Waals surface area contributed by atoms with Gasteiger partial charge in [0.25, 0.3) is 0 Å². The average Bonchev–Trinajstić information content (AvgIpc) is 2.99. The second kappa shape index (κ2) is 4.66. The van der Waals surface area contributed by atoms with Gasteiger partial charge in [-0.15, -0.1) is 0 Å². The molecule has 0 unspecified atom stereocenters. The Hall–Kier alpha value is -1.88. The van der Waals surface area contributed by atoms with Crippen molar-refractivity contribution < 1.29 is 14.7 Å². The largest absolute Gasteiger partial charge is 0.465 e. The molecule has 5 nitrogen and oxygen atoms in total. The van der Waals surface area contributed by atoms with Crippen LogP contribution in [0.15, 0.2) is 24.3 Å². The molecule has 1 N–H and O–H groups in total. The lowest BCUT2D eigenvalue weighted by Gasteiger charge is -2.32. The molecule has 1 aromatic carbocycles. The fraction of sp³-hybridized carbons (Fsp3) is 0.429. The second-order valence-electron chi connectivity index (χ2n) is 5.27. The zero-order valence-electron chi connectivity index (χ0n) is 10.5. The number of piperazine rings is 1. The number of aldehydes is 1. The van der Waals surface area contributed by atoms with E-state index in [9.17, 15) is 9.59 Å². The highest BCUT2D eigenvalue weighted by atomic mass is 16.4. The van der Waals surface area contributed by atoms with Crippen molar-refractivity contribution in [3.8, 4) is 0 Å². The molecule has 0 aliphatic carbocycles. The third-order valence-electron chi connectivity index (χ3n) is 4.10. The number of nitrogens with zero attached hydrogens (tertiary/aromatic N) is 2. The van der Waals surface area contributed by atoms with Crippen LogP contribution in [0.2, 0.25) is 0 Å². The van der Waals surface area contributed by atoms with Crippen molar-refractivity contribution >= 4 is 12.4 Å². The van der Waals surface area contributed by atoms with E-state index < -0.39 is 6.09 Å². The van der Waals surface area contributed by atoms with E-state index >= 15 is 0 Å². The molecular formula is C14H16N2O3. The van der Waals surface area contributed by atoms with Crippen LogP contribution in [-0.2, 0) is 6.54 Å². The third-order valence-corrected chi connectivity index (χ3v) is 4.10. The van der Waals surface area contributed by atoms with Crippen LogP contribution in [0.1, 0.15) is 22.3 Å². The van der Waals surface area contributed by atoms with Crippen LogP contribution in [-0.4, -0.2) is 52.5 Å². The quantitative estimate of drug-likeness (QED) is 0.835. The van der Waals surface area contributed by atoms with Gasteiger partial charge in [-0.2, -0.15) is 0 Å². The number of rotatable bonds is 3. The molecule has 19 heavy (non-hydrogen) atoms. The predicted molar refractivity (Wildman–Crippen MR) is 69.2 cm³/mol. The highest BCUT2D eigenvalue weighted by Gasteiger charge is 2.45. The lowest BCUT2D eigenvalue weighted by molar-refractivity contribution is 0.100. The number of benzene rings is 1. The molecule has 2 atom stereocenters. The van der Waals surface area contributed by atoms with Crippen LogP contribution >= 0.6 is 0 Å². The number of carbonyl (C=O) groups excluding carboxylic acids is 1. The van der Waals surface area contributed by atoms with Gasteiger partial charge in [-0.25, -0.2) is 4.79 Å². The van der Waals surface area contributed by atoms with Crippen molar-refractivity contribution in [2.75, 3.05) is 13.1 Å². The summed E-state index contributed by atoms with van der Waals surface area (Å²) in [6, 6.07) is 8.05. The lowest BCUT2D eigenvalue weighted by Crippen LogP contribution is -2.47. The number of fused-ring (bicyclic) bond motifs is 2. The summed E-state index contributed by atoms with van der Waals surface area (Å²) in [5, 5.41) is 9.04. The average molecular weight is 260 g/mol. The fourth-order valence-corrected chi connectivity index (χ4v) is 3.11. The van der Waals surface area contributed by atoms with Gasteiger partial charge in [-0.1, -0.05) is 24.3 Å². The van der Waals surface area contributed by atoms with E-state index in [1.165, 1.54) is 5.56 Å². The summed E-state index contributed by atoms with van der Waals surface area (Å²) in [7, 11) is 0. The van der Waals surface area contributed by atoms with Crippen LogP contribution in [0.3, 0.4) is 0 Å². The van der Waals surface area contributed by atoms with E-state index in [4.69, 9.17) is 5.11 Å². The highest BCUT2D eigenvalue weighted by molar-refractivity contribution is 5.74. The Balaban J connectivity index is 1.64. The summed E-state index contributed by atoms with van der Waals surface area (Å²) in [5.74, 6) is 0. The molecule has 0 saturated carbocycles. The minimum atomic E-state index is -0.803. The molecule has 2 fully saturated rings. The molecule has 3 rings (SSSR count). The maximum absolute atomic E-state index is 11.0. The zero-order chi connectivity index (χ0) is 13.4. The summed E-state index contributed by atoms with van der Waals surface area (Å²) in [5.41, 5.74) is 1.85. The fourth-order valence-electron chi connectivity index (χ4n) is 3.11. The molecule has 2 saturated heterocycles. The van der Waals surface area contributed by atoms with E-state index in [0.717, 1.165) is 25.8 Å². The Morgan fingerprint density at radius 2 is 2.00 bits per heavy atom. The standard InChI is InChI=1S/C14H16N2O3/c17-9-11-3-1-10(2-4-11)6-15-7-13-5-12(15)8-16(13)14(18)19/h1-4,9,12-13H,5-8H2,(H,18,19)/t12-,13-/m0/s1. The monoisotopic (exact) mass is 260 g/mol. The maximum Gasteiger partial charge on any atom is 0.407 e. The van der Waals surface area contributed by atoms with Crippen LogP contribution in [0, 0.1) is 0 Å². The first-order valence-electron chi connectivity index (χ1n) is 6.45. The molecule has 5 heteroatoms. The van der Waals surface area contributed by atoms with Crippen LogP contribution < -0.4 is 0 Å². The smallest absolute Gasteiger partial charge is 0.407 e. The molecule has 100 valence electrons. The Kier molecular flexibility index (Phi) is 2.98. The summed E-state index contributed by atoms with van der Waals surface area (Å²) in [4.78, 5) is 25.5. The van der Waals surface area contributed by atoms with Gasteiger partial charge < -0.3 is 10.0 Å². The highest BCUT2D eigenvalue weighted by Crippen LogP contribution is 2.31. The second-order valence-corrected chi connectivity index (χ2v) is 5.27. The van der Waals surface area contributed by atoms with Crippen molar-refractivity contribution in [3.05, 3.63) is 35.4 Å². The van der Waals surface area contributed by atoms with Gasteiger partial charge in [0.1, 0.15) is 6.29 Å². The van der Waals surface area contributed by atoms with Crippen molar-refractivity contribution in [1.82, 2.24) is 9.80 Å². The van der Waals surface area contributed by atoms with Gasteiger partial charge in [-0.05, 0) is 12.0 Å². The summed E-state index contributed by atoms with van der Waals surface area (Å²) in [6.45, 7) is 2.26. The van der Waals surface area contributed by atoms with Gasteiger partial charge in [-0.3, -0.25) is 9.69 Å². The molecule has 2 heterocycles. The maximum atomic E-state index is 11.0. The van der Waals surface area contributed by atoms with Gasteiger partial charge in [0.05, 0.1) is 0 Å². The molecule has 2 bridgehead atoms. The summed E-state index contributed by atoms with van der Waals surface area (Å²) in [6.07, 6.45) is 0.980. The molecule has 2 aliphatic rings. The number of carbonyl (C=O) groups is 2. The normalized spacial score (nSPS) is 25.8. The topological polar surface area (TPSA) is 60.9 Å². The van der Waals surface area contributed by atoms with E-state index in [2.05, 4.69) is 4.90 Å². The SMILES string of the molecule is O=Cc1ccc(CN2C[C@@H]3C[C@H]2CN3C(=O)O)cc1. The van der Waals surface area contributed by atoms with Gasteiger partial charge in [0.15, 0.2) is 0 Å². The Bertz CT molecular complexity index is 500. The van der Waals surface area contributed by atoms with Crippen molar-refractivity contribution in [1.29, 1.82) is 0 Å². The first-order chi connectivity index (χ1) is 9.17. The van der Waals surface area contributed by atoms with Crippen molar-refractivity contribution in [3.63, 3.8) is 0 Å². The Morgan fingerprint density at radius 3 is 2.53 bits per heavy atom. The summed E-state index contributed by atoms with van der Waals surface area (Å²) >= 11 is 0. The first-order valence-corrected chi connectivity index (χ1v) is 6.45. The van der Waals surface area contributed by atoms with Gasteiger partial charge >= 0.3 is 6.09 Å². The molecule has 1 aromatic rings. The lowest BCUT2D eigenvalue weighted by atomic mass is 10.1. The molecule has 1 amide bonds. The Labute approximate surface area is 111 Å². The minimum absolute atomic E-state index is 0.150. The van der Waals surface area contributed by atoms with Gasteiger partial charge in [0, 0.05) is 37.3 Å². The van der Waals surface area contributed by atoms with Gasteiger partial charge in [0.2, 0.25) is 0 Å². The number of likely N-dealkylation sites (tertiary alicyclic amines) is 2. The number of carboxylic acid groups (broad SMARTS) is 1. The molecule has 2 aliphatic heterocycles. The van der Waals surface area contributed by atoms with E-state index in [1.807, 2.05) is 24.3 Å². The minimum Gasteiger partial charge on any atom is -0.465 e. The van der Waals surface area contributed by atoms with E-state index in [1.54, 1.807) is 4.90 Å².